The second-order valence-corrected chi connectivity index (χ2v) is 4.29. The van der Waals surface area contributed by atoms with Crippen LogP contribution in [0.3, 0.4) is 0 Å². The van der Waals surface area contributed by atoms with Gasteiger partial charge in [-0.2, -0.15) is 0 Å². The van der Waals surface area contributed by atoms with E-state index in [0.29, 0.717) is 12.6 Å². The summed E-state index contributed by atoms with van der Waals surface area (Å²) in [5.41, 5.74) is 0. The maximum Gasteiger partial charge on any atom is 0.265 e. The van der Waals surface area contributed by atoms with Crippen LogP contribution >= 0.6 is 0 Å². The highest BCUT2D eigenvalue weighted by Crippen LogP contribution is 2.11. The number of oxime groups is 1. The van der Waals surface area contributed by atoms with Gasteiger partial charge in [0.05, 0.1) is 0 Å². The predicted octanol–water partition coefficient (Wildman–Crippen LogP) is 0.827. The van der Waals surface area contributed by atoms with Crippen molar-refractivity contribution >= 4 is 12.1 Å². The van der Waals surface area contributed by atoms with E-state index in [1.165, 1.54) is 25.7 Å². The third-order valence-corrected chi connectivity index (χ3v) is 3.01. The number of carbonyl (C=O) groups is 1. The zero-order chi connectivity index (χ0) is 11.8. The highest BCUT2D eigenvalue weighted by atomic mass is 16.4. The molecule has 0 aromatic heterocycles. The number of nitrogens with one attached hydrogen (secondary N) is 1. The van der Waals surface area contributed by atoms with Crippen molar-refractivity contribution in [2.45, 2.75) is 38.6 Å². The molecule has 1 amide bonds. The summed E-state index contributed by atoms with van der Waals surface area (Å²) in [7, 11) is 0. The third-order valence-electron chi connectivity index (χ3n) is 3.01. The molecule has 1 fully saturated rings. The van der Waals surface area contributed by atoms with E-state index in [0.717, 1.165) is 19.3 Å². The highest BCUT2D eigenvalue weighted by Gasteiger charge is 2.15. The van der Waals surface area contributed by atoms with Gasteiger partial charge in [0.25, 0.3) is 5.91 Å². The van der Waals surface area contributed by atoms with Crippen LogP contribution in [0.15, 0.2) is 5.16 Å². The molecule has 1 aliphatic heterocycles. The molecule has 0 aliphatic carbocycles. The zero-order valence-electron chi connectivity index (χ0n) is 9.85. The summed E-state index contributed by atoms with van der Waals surface area (Å²) in [6.07, 6.45) is 6.00. The van der Waals surface area contributed by atoms with Gasteiger partial charge in [-0.05, 0) is 32.9 Å². The van der Waals surface area contributed by atoms with Crippen LogP contribution in [-0.2, 0) is 4.79 Å². The number of rotatable bonds is 4. The Bertz CT molecular complexity index is 235. The largest absolute Gasteiger partial charge is 0.411 e. The summed E-state index contributed by atoms with van der Waals surface area (Å²) in [6, 6.07) is 0.342. The SMILES string of the molecule is CC(CNC(=O)C=NO)N1CCCCCC1. The molecule has 0 aromatic carbocycles. The van der Waals surface area contributed by atoms with Crippen molar-refractivity contribution in [2.75, 3.05) is 19.6 Å². The van der Waals surface area contributed by atoms with Gasteiger partial charge >= 0.3 is 0 Å². The first kappa shape index (κ1) is 13.0. The number of amides is 1. The minimum Gasteiger partial charge on any atom is -0.411 e. The molecule has 0 saturated carbocycles. The monoisotopic (exact) mass is 227 g/mol. The van der Waals surface area contributed by atoms with Gasteiger partial charge in [0, 0.05) is 12.6 Å². The van der Waals surface area contributed by atoms with E-state index >= 15 is 0 Å². The maximum absolute atomic E-state index is 11.1. The van der Waals surface area contributed by atoms with Crippen molar-refractivity contribution in [3.05, 3.63) is 0 Å². The van der Waals surface area contributed by atoms with Crippen molar-refractivity contribution in [3.63, 3.8) is 0 Å². The van der Waals surface area contributed by atoms with Crippen LogP contribution in [0, 0.1) is 0 Å². The Hall–Kier alpha value is -1.10. The van der Waals surface area contributed by atoms with E-state index in [1.807, 2.05) is 0 Å². The molecule has 2 N–H and O–H groups in total. The van der Waals surface area contributed by atoms with E-state index in [9.17, 15) is 4.79 Å². The second-order valence-electron chi connectivity index (χ2n) is 4.29. The molecule has 5 nitrogen and oxygen atoms in total. The first-order valence-electron chi connectivity index (χ1n) is 5.93. The van der Waals surface area contributed by atoms with E-state index < -0.39 is 0 Å². The fourth-order valence-corrected chi connectivity index (χ4v) is 2.01. The lowest BCUT2D eigenvalue weighted by Crippen LogP contribution is -2.42. The fourth-order valence-electron chi connectivity index (χ4n) is 2.01. The minimum absolute atomic E-state index is 0.342. The van der Waals surface area contributed by atoms with Gasteiger partial charge in [-0.15, -0.1) is 0 Å². The standard InChI is InChI=1S/C11H21N3O2/c1-10(8-12-11(15)9-13-16)14-6-4-2-3-5-7-14/h9-10,16H,2-8H2,1H3,(H,12,15). The normalized spacial score (nSPS) is 20.6. The Labute approximate surface area is 96.5 Å². The molecule has 1 heterocycles. The molecule has 1 atom stereocenters. The van der Waals surface area contributed by atoms with Gasteiger partial charge in [-0.3, -0.25) is 9.69 Å². The molecule has 92 valence electrons. The number of nitrogens with zero attached hydrogens (tertiary/aromatic N) is 2. The summed E-state index contributed by atoms with van der Waals surface area (Å²) >= 11 is 0. The van der Waals surface area contributed by atoms with Crippen molar-refractivity contribution in [1.82, 2.24) is 10.2 Å². The van der Waals surface area contributed by atoms with Gasteiger partial charge in [0.15, 0.2) is 0 Å². The lowest BCUT2D eigenvalue weighted by atomic mass is 10.2. The van der Waals surface area contributed by atoms with Crippen LogP contribution in [0.4, 0.5) is 0 Å². The Kier molecular flexibility index (Phi) is 5.85. The highest BCUT2D eigenvalue weighted by molar-refractivity contribution is 6.25. The fraction of sp³-hybridized carbons (Fsp3) is 0.818. The van der Waals surface area contributed by atoms with E-state index in [2.05, 4.69) is 22.3 Å². The Balaban J connectivity index is 2.27. The summed E-state index contributed by atoms with van der Waals surface area (Å²) in [5, 5.41) is 13.6. The molecule has 0 aromatic rings. The predicted molar refractivity (Wildman–Crippen MR) is 62.8 cm³/mol. The van der Waals surface area contributed by atoms with Crippen molar-refractivity contribution in [1.29, 1.82) is 0 Å². The number of likely N-dealkylation sites (tertiary alicyclic amines) is 1. The molecule has 0 bridgehead atoms. The lowest BCUT2D eigenvalue weighted by molar-refractivity contribution is -0.114. The molecule has 0 spiro atoms. The average molecular weight is 227 g/mol. The minimum atomic E-state index is -0.343. The van der Waals surface area contributed by atoms with Gasteiger partial charge in [-0.1, -0.05) is 18.0 Å². The summed E-state index contributed by atoms with van der Waals surface area (Å²) in [5.74, 6) is -0.343. The molecule has 0 radical (unpaired) electrons. The van der Waals surface area contributed by atoms with Crippen LogP contribution in [0.1, 0.15) is 32.6 Å². The van der Waals surface area contributed by atoms with E-state index in [4.69, 9.17) is 5.21 Å². The van der Waals surface area contributed by atoms with Crippen LogP contribution in [0.5, 0.6) is 0 Å². The van der Waals surface area contributed by atoms with Crippen LogP contribution in [-0.4, -0.2) is 47.9 Å². The van der Waals surface area contributed by atoms with Gasteiger partial charge in [0.1, 0.15) is 6.21 Å². The summed E-state index contributed by atoms with van der Waals surface area (Å²) < 4.78 is 0. The third kappa shape index (κ3) is 4.61. The van der Waals surface area contributed by atoms with Gasteiger partial charge in [0.2, 0.25) is 0 Å². The van der Waals surface area contributed by atoms with Crippen molar-refractivity contribution in [3.8, 4) is 0 Å². The van der Waals surface area contributed by atoms with Crippen LogP contribution < -0.4 is 5.32 Å². The van der Waals surface area contributed by atoms with Gasteiger partial charge in [-0.25, -0.2) is 0 Å². The van der Waals surface area contributed by atoms with Crippen LogP contribution in [0.25, 0.3) is 0 Å². The number of carbonyl (C=O) groups excluding carboxylic acids is 1. The number of hydrogen-bond donors (Lipinski definition) is 2. The smallest absolute Gasteiger partial charge is 0.265 e. The first-order chi connectivity index (χ1) is 7.74. The average Bonchev–Trinajstić information content (AvgIpc) is 2.55. The number of hydrogen-bond acceptors (Lipinski definition) is 4. The topological polar surface area (TPSA) is 64.9 Å². The molecule has 1 unspecified atom stereocenters. The lowest BCUT2D eigenvalue weighted by Gasteiger charge is -2.27. The van der Waals surface area contributed by atoms with E-state index in [-0.39, 0.29) is 5.91 Å². The molecule has 1 aliphatic rings. The quantitative estimate of drug-likeness (QED) is 0.425. The zero-order valence-corrected chi connectivity index (χ0v) is 9.85. The Morgan fingerprint density at radius 2 is 2.06 bits per heavy atom. The molecule has 1 rings (SSSR count). The van der Waals surface area contributed by atoms with Crippen LogP contribution in [0.2, 0.25) is 0 Å². The summed E-state index contributed by atoms with van der Waals surface area (Å²) in [6.45, 7) is 4.95. The Morgan fingerprint density at radius 1 is 1.44 bits per heavy atom. The maximum atomic E-state index is 11.1. The molecule has 16 heavy (non-hydrogen) atoms. The molecule has 5 heteroatoms. The first-order valence-corrected chi connectivity index (χ1v) is 5.93. The molecular formula is C11H21N3O2. The molecular weight excluding hydrogens is 206 g/mol. The second kappa shape index (κ2) is 7.22. The Morgan fingerprint density at radius 3 is 2.62 bits per heavy atom. The van der Waals surface area contributed by atoms with E-state index in [1.54, 1.807) is 0 Å². The summed E-state index contributed by atoms with van der Waals surface area (Å²) in [4.78, 5) is 13.5. The van der Waals surface area contributed by atoms with Crippen molar-refractivity contribution in [2.24, 2.45) is 5.16 Å². The molecule has 1 saturated heterocycles. The van der Waals surface area contributed by atoms with Gasteiger partial charge < -0.3 is 10.5 Å². The van der Waals surface area contributed by atoms with Crippen molar-refractivity contribution < 1.29 is 10.0 Å².